The fourth-order valence-corrected chi connectivity index (χ4v) is 3.26. The molecule has 22 heavy (non-hydrogen) atoms. The van der Waals surface area contributed by atoms with Gasteiger partial charge in [0.2, 0.25) is 0 Å². The number of hydrogen-bond donors (Lipinski definition) is 0. The Kier molecular flexibility index (Phi) is 4.50. The third-order valence-electron chi connectivity index (χ3n) is 4.27. The molecule has 114 valence electrons. The van der Waals surface area contributed by atoms with Crippen molar-refractivity contribution in [1.29, 1.82) is 0 Å². The lowest BCUT2D eigenvalue weighted by Crippen LogP contribution is -2.37. The number of ether oxygens (including phenoxy) is 1. The van der Waals surface area contributed by atoms with Crippen LogP contribution in [-0.2, 0) is 13.1 Å². The quantitative estimate of drug-likeness (QED) is 0.786. The summed E-state index contributed by atoms with van der Waals surface area (Å²) in [5.74, 6) is 3.36. The maximum absolute atomic E-state index is 5.52. The Bertz CT molecular complexity index is 668. The van der Waals surface area contributed by atoms with Crippen molar-refractivity contribution in [3.63, 3.8) is 0 Å². The lowest BCUT2D eigenvalue weighted by Gasteiger charge is -2.36. The van der Waals surface area contributed by atoms with Crippen LogP contribution >= 0.6 is 0 Å². The molecule has 0 saturated carbocycles. The predicted molar refractivity (Wildman–Crippen MR) is 88.6 cm³/mol. The molecule has 1 aliphatic heterocycles. The maximum Gasteiger partial charge on any atom is 0.148 e. The van der Waals surface area contributed by atoms with Gasteiger partial charge >= 0.3 is 0 Å². The van der Waals surface area contributed by atoms with Gasteiger partial charge in [-0.1, -0.05) is 25.0 Å². The van der Waals surface area contributed by atoms with Gasteiger partial charge in [-0.15, -0.1) is 6.42 Å². The van der Waals surface area contributed by atoms with Crippen LogP contribution in [0, 0.1) is 12.3 Å². The van der Waals surface area contributed by atoms with Crippen LogP contribution in [0.5, 0.6) is 5.75 Å². The zero-order valence-electron chi connectivity index (χ0n) is 13.0. The van der Waals surface area contributed by atoms with E-state index < -0.39 is 0 Å². The maximum atomic E-state index is 5.52. The molecule has 0 radical (unpaired) electrons. The van der Waals surface area contributed by atoms with E-state index in [-0.39, 0.29) is 0 Å². The first-order valence-electron chi connectivity index (χ1n) is 7.86. The van der Waals surface area contributed by atoms with Crippen molar-refractivity contribution in [3.8, 4) is 18.1 Å². The Morgan fingerprint density at radius 1 is 1.27 bits per heavy atom. The summed E-state index contributed by atoms with van der Waals surface area (Å²) in [4.78, 5) is 2.55. The first kappa shape index (κ1) is 14.7. The highest BCUT2D eigenvalue weighted by Gasteiger charge is 2.25. The molecular weight excluding hydrogens is 272 g/mol. The van der Waals surface area contributed by atoms with Crippen molar-refractivity contribution in [3.05, 3.63) is 53.9 Å². The molecule has 3 heteroatoms. The summed E-state index contributed by atoms with van der Waals surface area (Å²) in [6, 6.07) is 13.1. The predicted octanol–water partition coefficient (Wildman–Crippen LogP) is 3.47. The van der Waals surface area contributed by atoms with Crippen molar-refractivity contribution in [2.45, 2.75) is 32.5 Å². The van der Waals surface area contributed by atoms with E-state index in [1.807, 2.05) is 12.1 Å². The van der Waals surface area contributed by atoms with Gasteiger partial charge in [-0.25, -0.2) is 0 Å². The molecule has 0 bridgehead atoms. The van der Waals surface area contributed by atoms with E-state index in [4.69, 9.17) is 11.2 Å². The number of rotatable bonds is 5. The van der Waals surface area contributed by atoms with Crippen LogP contribution in [-0.4, -0.2) is 22.6 Å². The van der Waals surface area contributed by atoms with Gasteiger partial charge < -0.3 is 9.30 Å². The molecule has 0 fully saturated rings. The summed E-state index contributed by atoms with van der Waals surface area (Å²) < 4.78 is 7.90. The van der Waals surface area contributed by atoms with E-state index in [1.165, 1.54) is 11.3 Å². The van der Waals surface area contributed by atoms with Crippen LogP contribution in [0.15, 0.2) is 42.6 Å². The number of fused-ring (bicyclic) bond motifs is 1. The fraction of sp³-hybridized carbons (Fsp3) is 0.368. The molecule has 1 unspecified atom stereocenters. The second-order valence-corrected chi connectivity index (χ2v) is 5.66. The highest BCUT2D eigenvalue weighted by Crippen LogP contribution is 2.30. The molecular formula is C19H22N2O. The number of hydrogen-bond acceptors (Lipinski definition) is 2. The molecule has 2 heterocycles. The summed E-state index contributed by atoms with van der Waals surface area (Å²) in [7, 11) is 0. The van der Waals surface area contributed by atoms with Gasteiger partial charge in [-0.05, 0) is 36.2 Å². The minimum absolute atomic E-state index is 0.318. The molecule has 1 aliphatic rings. The zero-order chi connectivity index (χ0) is 15.4. The number of nitrogens with zero attached hydrogens (tertiary/aromatic N) is 2. The summed E-state index contributed by atoms with van der Waals surface area (Å²) in [6.07, 6.45) is 8.56. The van der Waals surface area contributed by atoms with Gasteiger partial charge in [0.1, 0.15) is 12.4 Å². The van der Waals surface area contributed by atoms with Crippen LogP contribution in [0.2, 0.25) is 0 Å². The fourth-order valence-electron chi connectivity index (χ4n) is 3.26. The van der Waals surface area contributed by atoms with E-state index in [2.05, 4.69) is 52.8 Å². The second-order valence-electron chi connectivity index (χ2n) is 5.66. The third kappa shape index (κ3) is 3.03. The van der Waals surface area contributed by atoms with Gasteiger partial charge in [-0.3, -0.25) is 4.90 Å². The average molecular weight is 294 g/mol. The Labute approximate surface area is 132 Å². The highest BCUT2D eigenvalue weighted by molar-refractivity contribution is 5.29. The Hall–Kier alpha value is -2.18. The topological polar surface area (TPSA) is 17.4 Å². The van der Waals surface area contributed by atoms with Crippen molar-refractivity contribution < 1.29 is 4.74 Å². The van der Waals surface area contributed by atoms with Crippen molar-refractivity contribution >= 4 is 0 Å². The van der Waals surface area contributed by atoms with Gasteiger partial charge in [0.25, 0.3) is 0 Å². The van der Waals surface area contributed by atoms with E-state index in [0.29, 0.717) is 12.6 Å². The molecule has 3 rings (SSSR count). The van der Waals surface area contributed by atoms with E-state index in [9.17, 15) is 0 Å². The summed E-state index contributed by atoms with van der Waals surface area (Å²) >= 11 is 0. The van der Waals surface area contributed by atoms with Gasteiger partial charge in [-0.2, -0.15) is 0 Å². The second kappa shape index (κ2) is 6.72. The average Bonchev–Trinajstić information content (AvgIpc) is 3.02. The van der Waals surface area contributed by atoms with Crippen LogP contribution in [0.25, 0.3) is 0 Å². The van der Waals surface area contributed by atoms with Crippen LogP contribution in [0.4, 0.5) is 0 Å². The van der Waals surface area contributed by atoms with Gasteiger partial charge in [0.05, 0.1) is 6.04 Å². The van der Waals surface area contributed by atoms with E-state index in [0.717, 1.165) is 31.8 Å². The Morgan fingerprint density at radius 3 is 3.00 bits per heavy atom. The zero-order valence-corrected chi connectivity index (χ0v) is 13.0. The van der Waals surface area contributed by atoms with Crippen molar-refractivity contribution in [1.82, 2.24) is 9.47 Å². The summed E-state index contributed by atoms with van der Waals surface area (Å²) in [5.41, 5.74) is 2.70. The number of benzene rings is 1. The lowest BCUT2D eigenvalue weighted by molar-refractivity contribution is 0.144. The van der Waals surface area contributed by atoms with Gasteiger partial charge in [0, 0.05) is 31.5 Å². The molecule has 1 atom stereocenters. The molecule has 1 aromatic heterocycles. The molecule has 0 N–H and O–H groups in total. The Morgan fingerprint density at radius 2 is 2.18 bits per heavy atom. The molecule has 0 spiro atoms. The highest BCUT2D eigenvalue weighted by atomic mass is 16.5. The van der Waals surface area contributed by atoms with E-state index in [1.54, 1.807) is 0 Å². The minimum Gasteiger partial charge on any atom is -0.481 e. The summed E-state index contributed by atoms with van der Waals surface area (Å²) in [6.45, 7) is 5.66. The first-order chi connectivity index (χ1) is 10.8. The van der Waals surface area contributed by atoms with Crippen LogP contribution in [0.3, 0.4) is 0 Å². The minimum atomic E-state index is 0.318. The molecule has 3 nitrogen and oxygen atoms in total. The largest absolute Gasteiger partial charge is 0.481 e. The molecule has 0 aliphatic carbocycles. The Balaban J connectivity index is 1.74. The third-order valence-corrected chi connectivity index (χ3v) is 4.27. The first-order valence-corrected chi connectivity index (χ1v) is 7.86. The molecule has 2 aromatic rings. The van der Waals surface area contributed by atoms with Crippen LogP contribution < -0.4 is 4.74 Å². The smallest absolute Gasteiger partial charge is 0.148 e. The number of aromatic nitrogens is 1. The monoisotopic (exact) mass is 294 g/mol. The molecule has 1 aromatic carbocycles. The molecule has 0 amide bonds. The standard InChI is InChI=1S/C19H22N2O/c1-3-13-22-17-8-5-7-16(14-17)15-21-12-11-20-10-6-9-19(20)18(21)4-2/h1,5-10,14,18H,4,11-13,15H2,2H3. The number of terminal acetylenes is 1. The SMILES string of the molecule is C#CCOc1cccc(CN2CCn3cccc3C2CC)c1. The lowest BCUT2D eigenvalue weighted by atomic mass is 10.1. The van der Waals surface area contributed by atoms with Crippen molar-refractivity contribution in [2.75, 3.05) is 13.2 Å². The normalized spacial score (nSPS) is 17.7. The van der Waals surface area contributed by atoms with Crippen LogP contribution in [0.1, 0.15) is 30.6 Å². The van der Waals surface area contributed by atoms with E-state index >= 15 is 0 Å². The summed E-state index contributed by atoms with van der Waals surface area (Å²) in [5, 5.41) is 0. The van der Waals surface area contributed by atoms with Gasteiger partial charge in [0.15, 0.2) is 0 Å². The van der Waals surface area contributed by atoms with Crippen molar-refractivity contribution in [2.24, 2.45) is 0 Å². The molecule has 0 saturated heterocycles.